The summed E-state index contributed by atoms with van der Waals surface area (Å²) in [6, 6.07) is 3.97. The van der Waals surface area contributed by atoms with Gasteiger partial charge in [0.15, 0.2) is 12.4 Å². The Hall–Kier alpha value is -1.71. The van der Waals surface area contributed by atoms with Crippen LogP contribution in [0, 0.1) is 0 Å². The van der Waals surface area contributed by atoms with E-state index < -0.39 is 0 Å². The number of rotatable bonds is 1. The molecular weight excluding hydrogens is 152 g/mol. The van der Waals surface area contributed by atoms with Gasteiger partial charge in [-0.25, -0.2) is 4.57 Å². The molecule has 0 saturated heterocycles. The highest BCUT2D eigenvalue weighted by atomic mass is 15.3. The fourth-order valence-electron chi connectivity index (χ4n) is 1.08. The first kappa shape index (κ1) is 6.97. The third-order valence-corrected chi connectivity index (χ3v) is 1.65. The summed E-state index contributed by atoms with van der Waals surface area (Å²) in [5.41, 5.74) is 1.93. The second-order valence-electron chi connectivity index (χ2n) is 2.61. The summed E-state index contributed by atoms with van der Waals surface area (Å²) in [4.78, 5) is 0. The number of pyridine rings is 1. The second kappa shape index (κ2) is 2.73. The summed E-state index contributed by atoms with van der Waals surface area (Å²) >= 11 is 0. The molecule has 4 nitrogen and oxygen atoms in total. The summed E-state index contributed by atoms with van der Waals surface area (Å²) in [6.45, 7) is 0. The summed E-state index contributed by atoms with van der Waals surface area (Å²) in [5.74, 6) is 0. The van der Waals surface area contributed by atoms with E-state index in [-0.39, 0.29) is 0 Å². The minimum atomic E-state index is 0.867. The molecule has 0 aliphatic rings. The molecule has 0 unspecified atom stereocenters. The molecular formula is C8H9N4+. The van der Waals surface area contributed by atoms with E-state index >= 15 is 0 Å². The van der Waals surface area contributed by atoms with E-state index in [1.807, 2.05) is 36.1 Å². The highest BCUT2D eigenvalue weighted by Gasteiger charge is 2.02. The fourth-order valence-corrected chi connectivity index (χ4v) is 1.08. The zero-order valence-corrected chi connectivity index (χ0v) is 6.73. The molecule has 0 aliphatic carbocycles. The van der Waals surface area contributed by atoms with Gasteiger partial charge in [-0.1, -0.05) is 0 Å². The van der Waals surface area contributed by atoms with Crippen molar-refractivity contribution in [3.63, 3.8) is 0 Å². The minimum absolute atomic E-state index is 0.867. The van der Waals surface area contributed by atoms with Gasteiger partial charge in [0.1, 0.15) is 12.7 Å². The van der Waals surface area contributed by atoms with E-state index in [0.29, 0.717) is 0 Å². The Morgan fingerprint density at radius 3 is 3.08 bits per heavy atom. The van der Waals surface area contributed by atoms with E-state index in [4.69, 9.17) is 0 Å². The number of nitrogens with one attached hydrogen (secondary N) is 1. The molecule has 4 heteroatoms. The lowest BCUT2D eigenvalue weighted by Gasteiger charge is -1.91. The summed E-state index contributed by atoms with van der Waals surface area (Å²) < 4.78 is 1.98. The third kappa shape index (κ3) is 1.18. The molecule has 2 aromatic rings. The SMILES string of the molecule is C[n+]1cccc(-c2cn[nH]n2)c1. The normalized spacial score (nSPS) is 10.1. The molecule has 2 rings (SSSR count). The molecule has 0 aliphatic heterocycles. The topological polar surface area (TPSA) is 45.5 Å². The van der Waals surface area contributed by atoms with Gasteiger partial charge < -0.3 is 0 Å². The Kier molecular flexibility index (Phi) is 1.59. The molecule has 2 aromatic heterocycles. The smallest absolute Gasteiger partial charge is 0.178 e. The summed E-state index contributed by atoms with van der Waals surface area (Å²) in [7, 11) is 1.98. The second-order valence-corrected chi connectivity index (χ2v) is 2.61. The number of aromatic amines is 1. The molecule has 0 spiro atoms. The van der Waals surface area contributed by atoms with Crippen molar-refractivity contribution in [2.45, 2.75) is 0 Å². The summed E-state index contributed by atoms with van der Waals surface area (Å²) in [6.07, 6.45) is 5.68. The van der Waals surface area contributed by atoms with Crippen molar-refractivity contribution in [2.75, 3.05) is 0 Å². The van der Waals surface area contributed by atoms with Crippen LogP contribution in [0.2, 0.25) is 0 Å². The van der Waals surface area contributed by atoms with Gasteiger partial charge in [0.2, 0.25) is 0 Å². The molecule has 12 heavy (non-hydrogen) atoms. The first-order valence-corrected chi connectivity index (χ1v) is 3.68. The largest absolute Gasteiger partial charge is 0.207 e. The quantitative estimate of drug-likeness (QED) is 0.611. The van der Waals surface area contributed by atoms with E-state index in [2.05, 4.69) is 15.4 Å². The van der Waals surface area contributed by atoms with Crippen molar-refractivity contribution >= 4 is 0 Å². The molecule has 1 N–H and O–H groups in total. The maximum absolute atomic E-state index is 3.98. The molecule has 0 fully saturated rings. The van der Waals surface area contributed by atoms with Crippen LogP contribution in [0.25, 0.3) is 11.3 Å². The lowest BCUT2D eigenvalue weighted by Crippen LogP contribution is -2.26. The van der Waals surface area contributed by atoms with Gasteiger partial charge >= 0.3 is 0 Å². The van der Waals surface area contributed by atoms with Crippen LogP contribution in [0.5, 0.6) is 0 Å². The van der Waals surface area contributed by atoms with Gasteiger partial charge in [-0.2, -0.15) is 15.4 Å². The van der Waals surface area contributed by atoms with Crippen LogP contribution in [0.4, 0.5) is 0 Å². The molecule has 0 aromatic carbocycles. The Morgan fingerprint density at radius 2 is 2.42 bits per heavy atom. The Morgan fingerprint density at radius 1 is 1.50 bits per heavy atom. The van der Waals surface area contributed by atoms with Gasteiger partial charge in [0.25, 0.3) is 0 Å². The lowest BCUT2D eigenvalue weighted by atomic mass is 10.2. The molecule has 0 atom stereocenters. The number of aromatic nitrogens is 4. The van der Waals surface area contributed by atoms with Crippen molar-refractivity contribution < 1.29 is 4.57 Å². The van der Waals surface area contributed by atoms with Crippen molar-refractivity contribution in [3.05, 3.63) is 30.7 Å². The van der Waals surface area contributed by atoms with Crippen LogP contribution >= 0.6 is 0 Å². The predicted octanol–water partition coefficient (Wildman–Crippen LogP) is 0.296. The van der Waals surface area contributed by atoms with Crippen LogP contribution in [-0.2, 0) is 7.05 Å². The number of aryl methyl sites for hydroxylation is 1. The van der Waals surface area contributed by atoms with Gasteiger partial charge in [-0.3, -0.25) is 0 Å². The molecule has 0 radical (unpaired) electrons. The average Bonchev–Trinajstić information content (AvgIpc) is 2.56. The Bertz CT molecular complexity index is 366. The summed E-state index contributed by atoms with van der Waals surface area (Å²) in [5, 5.41) is 10.3. The molecule has 2 heterocycles. The van der Waals surface area contributed by atoms with E-state index in [0.717, 1.165) is 11.3 Å². The minimum Gasteiger partial charge on any atom is -0.207 e. The van der Waals surface area contributed by atoms with Gasteiger partial charge in [0, 0.05) is 6.07 Å². The molecule has 0 amide bonds. The Balaban J connectivity index is 2.48. The predicted molar refractivity (Wildman–Crippen MR) is 43.0 cm³/mol. The van der Waals surface area contributed by atoms with Crippen molar-refractivity contribution in [2.24, 2.45) is 7.05 Å². The molecule has 0 saturated carbocycles. The van der Waals surface area contributed by atoms with Crippen LogP contribution in [0.3, 0.4) is 0 Å². The Labute approximate surface area is 69.9 Å². The van der Waals surface area contributed by atoms with Gasteiger partial charge in [-0.05, 0) is 6.07 Å². The highest BCUT2D eigenvalue weighted by molar-refractivity contribution is 5.54. The zero-order valence-electron chi connectivity index (χ0n) is 6.73. The average molecular weight is 161 g/mol. The first-order valence-electron chi connectivity index (χ1n) is 3.68. The fraction of sp³-hybridized carbons (Fsp3) is 0.125. The number of H-pyrrole nitrogens is 1. The highest BCUT2D eigenvalue weighted by Crippen LogP contribution is 2.10. The maximum atomic E-state index is 3.98. The monoisotopic (exact) mass is 161 g/mol. The van der Waals surface area contributed by atoms with Crippen LogP contribution in [-0.4, -0.2) is 15.4 Å². The number of hydrogen-bond donors (Lipinski definition) is 1. The van der Waals surface area contributed by atoms with Crippen LogP contribution < -0.4 is 4.57 Å². The lowest BCUT2D eigenvalue weighted by molar-refractivity contribution is -0.671. The standard InChI is InChI=1S/C8H9N4/c1-12-4-2-3-7(6-12)8-5-9-11-10-8/h2-6H,1H3,(H,9,10,11)/q+1. The van der Waals surface area contributed by atoms with E-state index in [1.165, 1.54) is 0 Å². The maximum Gasteiger partial charge on any atom is 0.178 e. The van der Waals surface area contributed by atoms with Crippen molar-refractivity contribution in [1.29, 1.82) is 0 Å². The van der Waals surface area contributed by atoms with Gasteiger partial charge in [0.05, 0.1) is 11.8 Å². The molecule has 0 bridgehead atoms. The van der Waals surface area contributed by atoms with Crippen molar-refractivity contribution in [3.8, 4) is 11.3 Å². The van der Waals surface area contributed by atoms with Crippen molar-refractivity contribution in [1.82, 2.24) is 15.4 Å². The first-order chi connectivity index (χ1) is 5.86. The van der Waals surface area contributed by atoms with Crippen LogP contribution in [0.1, 0.15) is 0 Å². The van der Waals surface area contributed by atoms with E-state index in [1.54, 1.807) is 6.20 Å². The number of hydrogen-bond acceptors (Lipinski definition) is 2. The van der Waals surface area contributed by atoms with Crippen LogP contribution in [0.15, 0.2) is 30.7 Å². The zero-order chi connectivity index (χ0) is 8.39. The number of nitrogens with zero attached hydrogens (tertiary/aromatic N) is 3. The third-order valence-electron chi connectivity index (χ3n) is 1.65. The molecule has 60 valence electrons. The van der Waals surface area contributed by atoms with Gasteiger partial charge in [-0.15, -0.1) is 0 Å². The van der Waals surface area contributed by atoms with E-state index in [9.17, 15) is 0 Å².